The van der Waals surface area contributed by atoms with Crippen molar-refractivity contribution in [1.82, 2.24) is 0 Å². The molecule has 1 aromatic rings. The largest absolute Gasteiger partial charge is 0.396 e. The molecule has 2 nitrogen and oxygen atoms in total. The van der Waals surface area contributed by atoms with Gasteiger partial charge in [-0.1, -0.05) is 60.6 Å². The Balaban J connectivity index is 1.60. The van der Waals surface area contributed by atoms with E-state index in [1.807, 2.05) is 18.2 Å². The molecule has 2 unspecified atom stereocenters. The molecule has 2 aliphatic rings. The predicted molar refractivity (Wildman–Crippen MR) is 94.8 cm³/mol. The third-order valence-corrected chi connectivity index (χ3v) is 5.40. The Morgan fingerprint density at radius 3 is 2.70 bits per heavy atom. The van der Waals surface area contributed by atoms with E-state index in [1.54, 1.807) is 5.57 Å². The first kappa shape index (κ1) is 16.5. The van der Waals surface area contributed by atoms with Gasteiger partial charge < -0.3 is 10.2 Å². The zero-order valence-electron chi connectivity index (χ0n) is 13.8. The Labute approximate surface area is 139 Å². The molecule has 0 heterocycles. The highest BCUT2D eigenvalue weighted by Gasteiger charge is 2.42. The minimum absolute atomic E-state index is 0.197. The average molecular weight is 312 g/mol. The Morgan fingerprint density at radius 1 is 1.09 bits per heavy atom. The van der Waals surface area contributed by atoms with Gasteiger partial charge in [0.2, 0.25) is 0 Å². The van der Waals surface area contributed by atoms with Gasteiger partial charge in [-0.2, -0.15) is 0 Å². The summed E-state index contributed by atoms with van der Waals surface area (Å²) in [6, 6.07) is 10.3. The molecule has 0 amide bonds. The molecule has 124 valence electrons. The standard InChI is InChI=1S/C21H28O2/c22-12-6-2-5-9-17-13-18-15-21(23)19(20(18)14-17)11-10-16-7-3-1-4-8-16/h1,3-4,7-8,10-11,14,18-23H,2,5-6,9,12-13,15H2/b11-10+/t18?,19-,20?,21-/m1/s1. The van der Waals surface area contributed by atoms with Crippen molar-refractivity contribution in [3.63, 3.8) is 0 Å². The van der Waals surface area contributed by atoms with Gasteiger partial charge in [0.05, 0.1) is 6.10 Å². The molecular weight excluding hydrogens is 284 g/mol. The summed E-state index contributed by atoms with van der Waals surface area (Å²) in [7, 11) is 0. The molecule has 4 atom stereocenters. The molecule has 0 saturated heterocycles. The summed E-state index contributed by atoms with van der Waals surface area (Å²) in [5.74, 6) is 1.40. The number of aliphatic hydroxyl groups is 2. The van der Waals surface area contributed by atoms with Crippen molar-refractivity contribution in [2.45, 2.75) is 44.6 Å². The van der Waals surface area contributed by atoms with Crippen LogP contribution in [-0.4, -0.2) is 22.9 Å². The van der Waals surface area contributed by atoms with Gasteiger partial charge in [0.25, 0.3) is 0 Å². The molecule has 2 aliphatic carbocycles. The van der Waals surface area contributed by atoms with Crippen molar-refractivity contribution in [3.05, 3.63) is 53.6 Å². The summed E-state index contributed by atoms with van der Waals surface area (Å²) in [6.07, 6.45) is 13.1. The quantitative estimate of drug-likeness (QED) is 0.585. The maximum Gasteiger partial charge on any atom is 0.0611 e. The molecule has 1 aromatic carbocycles. The number of aliphatic hydroxyl groups excluding tert-OH is 2. The second-order valence-electron chi connectivity index (χ2n) is 7.05. The van der Waals surface area contributed by atoms with Gasteiger partial charge in [0.1, 0.15) is 0 Å². The van der Waals surface area contributed by atoms with Crippen molar-refractivity contribution >= 4 is 6.08 Å². The van der Waals surface area contributed by atoms with E-state index in [0.717, 1.165) is 32.1 Å². The van der Waals surface area contributed by atoms with E-state index in [4.69, 9.17) is 5.11 Å². The van der Waals surface area contributed by atoms with Gasteiger partial charge >= 0.3 is 0 Å². The number of hydrogen-bond acceptors (Lipinski definition) is 2. The molecule has 1 fully saturated rings. The van der Waals surface area contributed by atoms with Crippen LogP contribution in [0, 0.1) is 17.8 Å². The number of fused-ring (bicyclic) bond motifs is 1. The fourth-order valence-electron chi connectivity index (χ4n) is 4.21. The van der Waals surface area contributed by atoms with Crippen molar-refractivity contribution < 1.29 is 10.2 Å². The van der Waals surface area contributed by atoms with Gasteiger partial charge in [-0.3, -0.25) is 0 Å². The molecule has 1 saturated carbocycles. The van der Waals surface area contributed by atoms with Crippen LogP contribution < -0.4 is 0 Å². The lowest BCUT2D eigenvalue weighted by Gasteiger charge is -2.15. The number of benzene rings is 1. The second kappa shape index (κ2) is 7.94. The first-order valence-electron chi connectivity index (χ1n) is 8.99. The third-order valence-electron chi connectivity index (χ3n) is 5.40. The Hall–Kier alpha value is -1.38. The van der Waals surface area contributed by atoms with E-state index in [2.05, 4.69) is 30.4 Å². The maximum absolute atomic E-state index is 10.4. The molecule has 0 bridgehead atoms. The van der Waals surface area contributed by atoms with Crippen molar-refractivity contribution in [3.8, 4) is 0 Å². The fraction of sp³-hybridized carbons (Fsp3) is 0.524. The van der Waals surface area contributed by atoms with Crippen LogP contribution in [0.15, 0.2) is 48.1 Å². The van der Waals surface area contributed by atoms with E-state index >= 15 is 0 Å². The van der Waals surface area contributed by atoms with Crippen molar-refractivity contribution in [2.75, 3.05) is 6.61 Å². The molecule has 3 rings (SSSR count). The maximum atomic E-state index is 10.4. The average Bonchev–Trinajstić information content (AvgIpc) is 3.07. The number of hydrogen-bond donors (Lipinski definition) is 2. The van der Waals surface area contributed by atoms with Gasteiger partial charge in [0, 0.05) is 12.5 Å². The summed E-state index contributed by atoms with van der Waals surface area (Å²) >= 11 is 0. The first-order valence-corrected chi connectivity index (χ1v) is 8.99. The van der Waals surface area contributed by atoms with Crippen molar-refractivity contribution in [2.24, 2.45) is 17.8 Å². The van der Waals surface area contributed by atoms with Crippen molar-refractivity contribution in [1.29, 1.82) is 0 Å². The number of unbranched alkanes of at least 4 members (excludes halogenated alkanes) is 2. The topological polar surface area (TPSA) is 40.5 Å². The van der Waals surface area contributed by atoms with Gasteiger partial charge in [-0.05, 0) is 49.5 Å². The van der Waals surface area contributed by atoms with Gasteiger partial charge in [-0.25, -0.2) is 0 Å². The monoisotopic (exact) mass is 312 g/mol. The minimum atomic E-state index is -0.197. The van der Waals surface area contributed by atoms with Crippen LogP contribution in [0.4, 0.5) is 0 Å². The second-order valence-corrected chi connectivity index (χ2v) is 7.05. The summed E-state index contributed by atoms with van der Waals surface area (Å²) in [5.41, 5.74) is 2.78. The summed E-state index contributed by atoms with van der Waals surface area (Å²) in [4.78, 5) is 0. The zero-order valence-corrected chi connectivity index (χ0v) is 13.8. The molecule has 0 radical (unpaired) electrons. The minimum Gasteiger partial charge on any atom is -0.396 e. The Bertz CT molecular complexity index is 546. The highest BCUT2D eigenvalue weighted by atomic mass is 16.3. The zero-order chi connectivity index (χ0) is 16.1. The lowest BCUT2D eigenvalue weighted by molar-refractivity contribution is 0.145. The van der Waals surface area contributed by atoms with Crippen LogP contribution >= 0.6 is 0 Å². The van der Waals surface area contributed by atoms with Crippen LogP contribution in [0.3, 0.4) is 0 Å². The molecule has 0 aromatic heterocycles. The normalized spacial score (nSPS) is 29.9. The molecule has 2 heteroatoms. The predicted octanol–water partition coefficient (Wildman–Crippen LogP) is 4.20. The third kappa shape index (κ3) is 4.13. The van der Waals surface area contributed by atoms with E-state index in [1.165, 1.54) is 12.0 Å². The van der Waals surface area contributed by atoms with Gasteiger partial charge in [0.15, 0.2) is 0 Å². The summed E-state index contributed by atoms with van der Waals surface area (Å²) in [6.45, 7) is 0.308. The molecule has 23 heavy (non-hydrogen) atoms. The van der Waals surface area contributed by atoms with Crippen LogP contribution in [-0.2, 0) is 0 Å². The summed E-state index contributed by atoms with van der Waals surface area (Å²) < 4.78 is 0. The van der Waals surface area contributed by atoms with E-state index in [9.17, 15) is 5.11 Å². The Kier molecular flexibility index (Phi) is 5.69. The van der Waals surface area contributed by atoms with Crippen LogP contribution in [0.2, 0.25) is 0 Å². The highest BCUT2D eigenvalue weighted by molar-refractivity contribution is 5.49. The molecule has 0 aliphatic heterocycles. The summed E-state index contributed by atoms with van der Waals surface area (Å²) in [5, 5.41) is 19.3. The number of rotatable bonds is 7. The van der Waals surface area contributed by atoms with Crippen LogP contribution in [0.25, 0.3) is 6.08 Å². The first-order chi connectivity index (χ1) is 11.3. The highest BCUT2D eigenvalue weighted by Crippen LogP contribution is 2.48. The lowest BCUT2D eigenvalue weighted by atomic mass is 9.91. The smallest absolute Gasteiger partial charge is 0.0611 e. The van der Waals surface area contributed by atoms with Crippen LogP contribution in [0.1, 0.15) is 44.1 Å². The van der Waals surface area contributed by atoms with E-state index in [0.29, 0.717) is 18.4 Å². The Morgan fingerprint density at radius 2 is 1.91 bits per heavy atom. The van der Waals surface area contributed by atoms with Crippen LogP contribution in [0.5, 0.6) is 0 Å². The van der Waals surface area contributed by atoms with E-state index < -0.39 is 0 Å². The molecular formula is C21H28O2. The number of allylic oxidation sites excluding steroid dienone is 2. The molecule has 2 N–H and O–H groups in total. The fourth-order valence-corrected chi connectivity index (χ4v) is 4.21. The SMILES string of the molecule is OCCCCCC1=CC2C(C1)C[C@@H](O)[C@@H]2/C=C/c1ccccc1. The van der Waals surface area contributed by atoms with Gasteiger partial charge in [-0.15, -0.1) is 0 Å². The molecule has 0 spiro atoms. The lowest BCUT2D eigenvalue weighted by Crippen LogP contribution is -2.15. The van der Waals surface area contributed by atoms with E-state index in [-0.39, 0.29) is 12.0 Å².